The van der Waals surface area contributed by atoms with Crippen LogP contribution in [0, 0.1) is 5.82 Å². The highest BCUT2D eigenvalue weighted by molar-refractivity contribution is 9.10. The number of benzene rings is 1. The zero-order chi connectivity index (χ0) is 19.1. The molecule has 2 aliphatic rings. The van der Waals surface area contributed by atoms with Crippen LogP contribution in [0.3, 0.4) is 0 Å². The zero-order valence-corrected chi connectivity index (χ0v) is 15.9. The second-order valence-corrected chi connectivity index (χ2v) is 7.73. The number of H-pyrrole nitrogens is 1. The third-order valence-corrected chi connectivity index (χ3v) is 5.64. The van der Waals surface area contributed by atoms with Crippen LogP contribution in [-0.2, 0) is 11.2 Å². The number of ether oxygens (including phenoxy) is 1. The molecule has 1 aromatic carbocycles. The first-order valence-corrected chi connectivity index (χ1v) is 9.56. The van der Waals surface area contributed by atoms with Gasteiger partial charge < -0.3 is 10.1 Å². The van der Waals surface area contributed by atoms with Gasteiger partial charge in [-0.05, 0) is 25.0 Å². The Labute approximate surface area is 161 Å². The Bertz CT molecular complexity index is 985. The highest BCUT2D eigenvalue weighted by atomic mass is 79.9. The molecule has 0 radical (unpaired) electrons. The van der Waals surface area contributed by atoms with Gasteiger partial charge in [0.1, 0.15) is 17.8 Å². The number of alkyl halides is 1. The Hall–Kier alpha value is -2.00. The van der Waals surface area contributed by atoms with Crippen LogP contribution in [0.2, 0.25) is 0 Å². The molecule has 9 heteroatoms. The lowest BCUT2D eigenvalue weighted by Gasteiger charge is -2.31. The van der Waals surface area contributed by atoms with Crippen molar-refractivity contribution in [1.82, 2.24) is 9.55 Å². The first-order chi connectivity index (χ1) is 13.0. The van der Waals surface area contributed by atoms with Gasteiger partial charge in [-0.15, -0.1) is 0 Å². The summed E-state index contributed by atoms with van der Waals surface area (Å²) in [6, 6.07) is 3.11. The molecule has 0 saturated carbocycles. The number of aromatic nitrogens is 2. The molecule has 1 fully saturated rings. The second kappa shape index (κ2) is 7.20. The number of hydrogen-bond donors (Lipinski definition) is 2. The number of anilines is 1. The Morgan fingerprint density at radius 3 is 2.67 bits per heavy atom. The molecule has 27 heavy (non-hydrogen) atoms. The van der Waals surface area contributed by atoms with Crippen LogP contribution < -0.4 is 16.6 Å². The number of hydrogen-bond acceptors (Lipinski definition) is 4. The fourth-order valence-corrected chi connectivity index (χ4v) is 4.09. The molecule has 2 atom stereocenters. The Morgan fingerprint density at radius 2 is 1.96 bits per heavy atom. The molecule has 0 bridgehead atoms. The average molecular weight is 442 g/mol. The van der Waals surface area contributed by atoms with E-state index in [0.717, 1.165) is 4.57 Å². The smallest absolute Gasteiger partial charge is 0.330 e. The van der Waals surface area contributed by atoms with Gasteiger partial charge in [-0.3, -0.25) is 14.3 Å². The quantitative estimate of drug-likeness (QED) is 0.751. The number of fused-ring (bicyclic) bond motifs is 1. The highest BCUT2D eigenvalue weighted by Crippen LogP contribution is 2.34. The molecule has 0 aliphatic carbocycles. The molecule has 3 heterocycles. The summed E-state index contributed by atoms with van der Waals surface area (Å²) in [7, 11) is 0. The maximum atomic E-state index is 14.8. The molecular formula is C18H18BrF2N3O3. The lowest BCUT2D eigenvalue weighted by Crippen LogP contribution is -2.45. The molecule has 1 saturated heterocycles. The Morgan fingerprint density at radius 1 is 1.22 bits per heavy atom. The van der Waals surface area contributed by atoms with Gasteiger partial charge in [0.2, 0.25) is 0 Å². The fraction of sp³-hybridized carbons (Fsp3) is 0.444. The predicted octanol–water partition coefficient (Wildman–Crippen LogP) is 2.84. The van der Waals surface area contributed by atoms with E-state index in [1.165, 1.54) is 12.1 Å². The molecule has 4 rings (SSSR count). The monoisotopic (exact) mass is 441 g/mol. The van der Waals surface area contributed by atoms with Crippen LogP contribution >= 0.6 is 15.9 Å². The van der Waals surface area contributed by atoms with Crippen molar-refractivity contribution in [3.8, 4) is 0 Å². The molecule has 0 amide bonds. The molecule has 6 nitrogen and oxygen atoms in total. The van der Waals surface area contributed by atoms with E-state index in [-0.39, 0.29) is 29.4 Å². The summed E-state index contributed by atoms with van der Waals surface area (Å²) in [6.07, 6.45) is -0.585. The van der Waals surface area contributed by atoms with E-state index in [9.17, 15) is 18.4 Å². The van der Waals surface area contributed by atoms with E-state index in [0.29, 0.717) is 30.5 Å². The van der Waals surface area contributed by atoms with Crippen molar-refractivity contribution < 1.29 is 13.5 Å². The van der Waals surface area contributed by atoms with Gasteiger partial charge in [-0.25, -0.2) is 13.6 Å². The highest BCUT2D eigenvalue weighted by Gasteiger charge is 2.34. The molecule has 144 valence electrons. The van der Waals surface area contributed by atoms with Crippen LogP contribution in [0.5, 0.6) is 0 Å². The maximum absolute atomic E-state index is 14.8. The van der Waals surface area contributed by atoms with E-state index < -0.39 is 29.3 Å². The standard InChI is InChI=1S/C18H18BrF2N3O3/c19-9-1-2-11(13(20)7-9)15-14(21)8-12-16(22-15)23-18(26)24(17(12)25)10-3-5-27-6-4-10/h1-2,7,10,14-15,22H,3-6,8H2,(H,23,26)/t14-,15-/m0/s1. The summed E-state index contributed by atoms with van der Waals surface area (Å²) in [5.41, 5.74) is -0.718. The largest absolute Gasteiger partial charge is 0.381 e. The van der Waals surface area contributed by atoms with Gasteiger partial charge in [0.15, 0.2) is 0 Å². The number of rotatable bonds is 2. The van der Waals surface area contributed by atoms with Crippen molar-refractivity contribution in [2.75, 3.05) is 18.5 Å². The maximum Gasteiger partial charge on any atom is 0.330 e. The van der Waals surface area contributed by atoms with E-state index in [1.807, 2.05) is 0 Å². The van der Waals surface area contributed by atoms with Crippen LogP contribution in [0.1, 0.15) is 36.1 Å². The lowest BCUT2D eigenvalue weighted by atomic mass is 9.93. The van der Waals surface area contributed by atoms with E-state index in [2.05, 4.69) is 26.2 Å². The van der Waals surface area contributed by atoms with Crippen LogP contribution in [-0.4, -0.2) is 28.9 Å². The summed E-state index contributed by atoms with van der Waals surface area (Å²) in [5, 5.41) is 2.81. The van der Waals surface area contributed by atoms with E-state index >= 15 is 0 Å². The minimum Gasteiger partial charge on any atom is -0.381 e. The first kappa shape index (κ1) is 18.4. The third-order valence-electron chi connectivity index (χ3n) is 5.14. The van der Waals surface area contributed by atoms with Crippen molar-refractivity contribution >= 4 is 21.7 Å². The third kappa shape index (κ3) is 3.34. The summed E-state index contributed by atoms with van der Waals surface area (Å²) >= 11 is 3.17. The first-order valence-electron chi connectivity index (χ1n) is 8.76. The van der Waals surface area contributed by atoms with Gasteiger partial charge in [-0.2, -0.15) is 0 Å². The normalized spacial score (nSPS) is 22.9. The topological polar surface area (TPSA) is 76.1 Å². The van der Waals surface area contributed by atoms with Crippen molar-refractivity contribution in [3.63, 3.8) is 0 Å². The van der Waals surface area contributed by atoms with Gasteiger partial charge >= 0.3 is 5.69 Å². The van der Waals surface area contributed by atoms with Crippen molar-refractivity contribution in [2.24, 2.45) is 0 Å². The average Bonchev–Trinajstić information content (AvgIpc) is 2.63. The summed E-state index contributed by atoms with van der Waals surface area (Å²) in [6.45, 7) is 0.949. The van der Waals surface area contributed by atoms with Crippen LogP contribution in [0.4, 0.5) is 14.6 Å². The van der Waals surface area contributed by atoms with E-state index in [1.54, 1.807) is 6.07 Å². The van der Waals surface area contributed by atoms with Crippen LogP contribution in [0.25, 0.3) is 0 Å². The zero-order valence-electron chi connectivity index (χ0n) is 14.3. The number of halogens is 3. The Balaban J connectivity index is 1.73. The molecule has 2 aliphatic heterocycles. The summed E-state index contributed by atoms with van der Waals surface area (Å²) < 4.78 is 36.1. The second-order valence-electron chi connectivity index (χ2n) is 6.81. The van der Waals surface area contributed by atoms with Gasteiger partial charge in [0.05, 0.1) is 11.6 Å². The predicted molar refractivity (Wildman–Crippen MR) is 99.5 cm³/mol. The van der Waals surface area contributed by atoms with Gasteiger partial charge in [-0.1, -0.05) is 22.0 Å². The molecule has 0 spiro atoms. The van der Waals surface area contributed by atoms with Gasteiger partial charge in [0, 0.05) is 35.7 Å². The SMILES string of the molecule is O=c1[nH]c2c(c(=O)n1C1CCOCC1)C[C@H](F)[C@H](c1ccc(Br)cc1F)N2. The summed E-state index contributed by atoms with van der Waals surface area (Å²) in [4.78, 5) is 28.0. The minimum atomic E-state index is -1.50. The van der Waals surface area contributed by atoms with E-state index in [4.69, 9.17) is 4.74 Å². The Kier molecular flexibility index (Phi) is 4.90. The summed E-state index contributed by atoms with van der Waals surface area (Å²) in [5.74, 6) is -0.402. The molecule has 2 N–H and O–H groups in total. The van der Waals surface area contributed by atoms with Crippen LogP contribution in [0.15, 0.2) is 32.3 Å². The number of nitrogens with one attached hydrogen (secondary N) is 2. The fourth-order valence-electron chi connectivity index (χ4n) is 3.76. The number of aromatic amines is 1. The van der Waals surface area contributed by atoms with Gasteiger partial charge in [0.25, 0.3) is 5.56 Å². The van der Waals surface area contributed by atoms with Crippen molar-refractivity contribution in [3.05, 3.63) is 60.5 Å². The molecule has 2 aromatic rings. The molecule has 1 aromatic heterocycles. The number of nitrogens with zero attached hydrogens (tertiary/aromatic N) is 1. The van der Waals surface area contributed by atoms with Crippen molar-refractivity contribution in [1.29, 1.82) is 0 Å². The molecule has 0 unspecified atom stereocenters. The van der Waals surface area contributed by atoms with Crippen molar-refractivity contribution in [2.45, 2.75) is 37.5 Å². The minimum absolute atomic E-state index is 0.144. The molecular weight excluding hydrogens is 424 g/mol. The lowest BCUT2D eigenvalue weighted by molar-refractivity contribution is 0.0673.